The van der Waals surface area contributed by atoms with Crippen molar-refractivity contribution in [1.82, 2.24) is 14.9 Å². The number of aromatic amines is 1. The highest BCUT2D eigenvalue weighted by molar-refractivity contribution is 7.90. The molecule has 1 N–H and O–H groups in total. The molecule has 0 saturated carbocycles. The van der Waals surface area contributed by atoms with Crippen LogP contribution in [0, 0.1) is 0 Å². The zero-order valence-corrected chi connectivity index (χ0v) is 17.0. The van der Waals surface area contributed by atoms with Crippen LogP contribution in [0.3, 0.4) is 0 Å². The van der Waals surface area contributed by atoms with Crippen molar-refractivity contribution < 1.29 is 12.8 Å². The number of sulfone groups is 1. The van der Waals surface area contributed by atoms with Crippen molar-refractivity contribution in [2.24, 2.45) is 0 Å². The lowest BCUT2D eigenvalue weighted by Gasteiger charge is -2.27. The molecular formula is C20H21N3O5S. The molecule has 0 aliphatic carbocycles. The molecule has 0 spiro atoms. The minimum Gasteiger partial charge on any atom is -0.464 e. The zero-order valence-electron chi connectivity index (χ0n) is 16.2. The second-order valence-corrected chi connectivity index (χ2v) is 9.23. The third kappa shape index (κ3) is 3.75. The number of fused-ring (bicyclic) bond motifs is 2. The van der Waals surface area contributed by atoms with E-state index >= 15 is 0 Å². The minimum atomic E-state index is -3.59. The third-order valence-electron chi connectivity index (χ3n) is 5.19. The van der Waals surface area contributed by atoms with E-state index in [1.165, 1.54) is 6.26 Å². The summed E-state index contributed by atoms with van der Waals surface area (Å²) in [6, 6.07) is 5.61. The van der Waals surface area contributed by atoms with Crippen molar-refractivity contribution >= 4 is 20.8 Å². The molecule has 3 heterocycles. The van der Waals surface area contributed by atoms with E-state index in [2.05, 4.69) is 9.97 Å². The summed E-state index contributed by atoms with van der Waals surface area (Å²) in [5.41, 5.74) is 2.52. The maximum Gasteiger partial charge on any atom is 0.256 e. The summed E-state index contributed by atoms with van der Waals surface area (Å²) < 4.78 is 29.0. The summed E-state index contributed by atoms with van der Waals surface area (Å²) in [6.45, 7) is 3.20. The van der Waals surface area contributed by atoms with Gasteiger partial charge in [0.05, 0.1) is 22.9 Å². The largest absolute Gasteiger partial charge is 0.464 e. The first-order valence-electron chi connectivity index (χ1n) is 9.34. The Morgan fingerprint density at radius 1 is 1.28 bits per heavy atom. The molecule has 0 saturated heterocycles. The number of aryl methyl sites for hydroxylation is 1. The van der Waals surface area contributed by atoms with Crippen molar-refractivity contribution in [3.05, 3.63) is 67.4 Å². The highest BCUT2D eigenvalue weighted by atomic mass is 32.2. The van der Waals surface area contributed by atoms with Gasteiger partial charge in [0.1, 0.15) is 5.58 Å². The predicted molar refractivity (Wildman–Crippen MR) is 108 cm³/mol. The number of benzene rings is 1. The van der Waals surface area contributed by atoms with Gasteiger partial charge >= 0.3 is 0 Å². The van der Waals surface area contributed by atoms with Gasteiger partial charge in [-0.1, -0.05) is 13.0 Å². The van der Waals surface area contributed by atoms with Crippen LogP contribution in [0.15, 0.2) is 43.6 Å². The Balaban J connectivity index is 1.64. The quantitative estimate of drug-likeness (QED) is 0.641. The van der Waals surface area contributed by atoms with E-state index in [1.54, 1.807) is 6.07 Å². The van der Waals surface area contributed by atoms with Crippen LogP contribution < -0.4 is 11.0 Å². The van der Waals surface area contributed by atoms with Crippen LogP contribution in [0.5, 0.6) is 0 Å². The fourth-order valence-corrected chi connectivity index (χ4v) is 4.11. The number of H-pyrrole nitrogens is 1. The topological polar surface area (TPSA) is 113 Å². The summed E-state index contributed by atoms with van der Waals surface area (Å²) >= 11 is 0. The second kappa shape index (κ2) is 7.23. The van der Waals surface area contributed by atoms with Crippen molar-refractivity contribution in [3.63, 3.8) is 0 Å². The Morgan fingerprint density at radius 2 is 2.07 bits per heavy atom. The third-order valence-corrected chi connectivity index (χ3v) is 6.08. The van der Waals surface area contributed by atoms with Gasteiger partial charge < -0.3 is 4.42 Å². The Labute approximate surface area is 167 Å². The molecule has 4 rings (SSSR count). The second-order valence-electron chi connectivity index (χ2n) is 7.30. The number of nitrogens with zero attached hydrogens (tertiary/aromatic N) is 2. The monoisotopic (exact) mass is 415 g/mol. The van der Waals surface area contributed by atoms with Crippen molar-refractivity contribution in [2.45, 2.75) is 38.0 Å². The minimum absolute atomic E-state index is 0.0770. The lowest BCUT2D eigenvalue weighted by atomic mass is 10.1. The number of nitrogens with one attached hydrogen (secondary N) is 1. The molecule has 8 nitrogen and oxygen atoms in total. The first-order valence-corrected chi connectivity index (χ1v) is 11.2. The van der Waals surface area contributed by atoms with Crippen LogP contribution in [-0.2, 0) is 35.8 Å². The molecule has 0 bridgehead atoms. The van der Waals surface area contributed by atoms with Crippen LogP contribution >= 0.6 is 0 Å². The van der Waals surface area contributed by atoms with E-state index in [0.29, 0.717) is 47.3 Å². The van der Waals surface area contributed by atoms with Crippen LogP contribution in [-0.4, -0.2) is 36.1 Å². The molecule has 3 aromatic rings. The van der Waals surface area contributed by atoms with Gasteiger partial charge in [-0.05, 0) is 24.1 Å². The predicted octanol–water partition coefficient (Wildman–Crippen LogP) is 1.40. The average Bonchev–Trinajstić information content (AvgIpc) is 2.69. The summed E-state index contributed by atoms with van der Waals surface area (Å²) in [4.78, 5) is 33.7. The molecule has 0 amide bonds. The van der Waals surface area contributed by atoms with E-state index in [4.69, 9.17) is 4.42 Å². The maximum absolute atomic E-state index is 12.9. The smallest absolute Gasteiger partial charge is 0.256 e. The SMILES string of the molecule is CCc1ccc2occ(CN3CCc4nc(S(C)(=O)=O)[nH]c(=O)c4C3)c(=O)c2c1. The van der Waals surface area contributed by atoms with Gasteiger partial charge in [0, 0.05) is 37.9 Å². The highest BCUT2D eigenvalue weighted by Crippen LogP contribution is 2.19. The van der Waals surface area contributed by atoms with E-state index < -0.39 is 15.4 Å². The molecular weight excluding hydrogens is 394 g/mol. The Bertz CT molecular complexity index is 1320. The number of aromatic nitrogens is 2. The van der Waals surface area contributed by atoms with Crippen LogP contribution in [0.2, 0.25) is 0 Å². The van der Waals surface area contributed by atoms with Crippen molar-refractivity contribution in [1.29, 1.82) is 0 Å². The Kier molecular flexibility index (Phi) is 4.87. The van der Waals surface area contributed by atoms with E-state index in [1.807, 2.05) is 24.0 Å². The van der Waals surface area contributed by atoms with Crippen LogP contribution in [0.4, 0.5) is 0 Å². The molecule has 0 fully saturated rings. The molecule has 1 aliphatic rings. The van der Waals surface area contributed by atoms with Gasteiger partial charge in [-0.15, -0.1) is 0 Å². The van der Waals surface area contributed by atoms with Crippen LogP contribution in [0.25, 0.3) is 11.0 Å². The maximum atomic E-state index is 12.9. The first kappa shape index (κ1) is 19.5. The van der Waals surface area contributed by atoms with Gasteiger partial charge in [-0.25, -0.2) is 13.4 Å². The summed E-state index contributed by atoms with van der Waals surface area (Å²) in [5.74, 6) is 0. The molecule has 1 aromatic carbocycles. The molecule has 152 valence electrons. The normalized spacial score (nSPS) is 14.8. The molecule has 29 heavy (non-hydrogen) atoms. The lowest BCUT2D eigenvalue weighted by molar-refractivity contribution is 0.238. The molecule has 9 heteroatoms. The van der Waals surface area contributed by atoms with Gasteiger partial charge in [-0.3, -0.25) is 19.5 Å². The molecule has 0 unspecified atom stereocenters. The first-order chi connectivity index (χ1) is 13.8. The number of rotatable bonds is 4. The molecule has 0 radical (unpaired) electrons. The summed E-state index contributed by atoms with van der Waals surface area (Å²) in [7, 11) is -3.59. The fraction of sp³-hybridized carbons (Fsp3) is 0.350. The molecule has 1 aliphatic heterocycles. The summed E-state index contributed by atoms with van der Waals surface area (Å²) in [5, 5.41) is 0.244. The van der Waals surface area contributed by atoms with Gasteiger partial charge in [0.25, 0.3) is 5.56 Å². The number of hydrogen-bond acceptors (Lipinski definition) is 7. The van der Waals surface area contributed by atoms with Crippen molar-refractivity contribution in [2.75, 3.05) is 12.8 Å². The van der Waals surface area contributed by atoms with E-state index in [9.17, 15) is 18.0 Å². The average molecular weight is 415 g/mol. The summed E-state index contributed by atoms with van der Waals surface area (Å²) in [6.07, 6.45) is 3.74. The Hall–Kier alpha value is -2.78. The number of hydrogen-bond donors (Lipinski definition) is 1. The van der Waals surface area contributed by atoms with Crippen molar-refractivity contribution in [3.8, 4) is 0 Å². The van der Waals surface area contributed by atoms with Gasteiger partial charge in [0.2, 0.25) is 15.0 Å². The highest BCUT2D eigenvalue weighted by Gasteiger charge is 2.24. The lowest BCUT2D eigenvalue weighted by Crippen LogP contribution is -2.37. The Morgan fingerprint density at radius 3 is 2.79 bits per heavy atom. The van der Waals surface area contributed by atoms with Gasteiger partial charge in [0.15, 0.2) is 5.43 Å². The van der Waals surface area contributed by atoms with E-state index in [0.717, 1.165) is 18.2 Å². The van der Waals surface area contributed by atoms with Crippen LogP contribution in [0.1, 0.15) is 29.3 Å². The standard InChI is InChI=1S/C20H21N3O5S/c1-3-12-4-5-17-14(8-12)18(24)13(11-28-17)9-23-7-6-16-15(10-23)19(25)22-20(21-16)29(2,26)27/h4-5,8,11H,3,6-7,9-10H2,1-2H3,(H,21,22,25). The molecule has 2 aromatic heterocycles. The zero-order chi connectivity index (χ0) is 20.8. The van der Waals surface area contributed by atoms with E-state index in [-0.39, 0.29) is 17.1 Å². The fourth-order valence-electron chi connectivity index (χ4n) is 3.56. The van der Waals surface area contributed by atoms with Gasteiger partial charge in [-0.2, -0.15) is 0 Å². The molecule has 0 atom stereocenters.